The van der Waals surface area contributed by atoms with E-state index in [1.165, 1.54) is 12.3 Å². The van der Waals surface area contributed by atoms with E-state index in [4.69, 9.17) is 17.3 Å². The fourth-order valence-corrected chi connectivity index (χ4v) is 3.26. The van der Waals surface area contributed by atoms with Crippen LogP contribution in [0.1, 0.15) is 39.3 Å². The van der Waals surface area contributed by atoms with Crippen molar-refractivity contribution in [2.45, 2.75) is 25.3 Å². The lowest BCUT2D eigenvalue weighted by Crippen LogP contribution is -2.37. The number of aromatic nitrogens is 1. The molecule has 1 aliphatic rings. The number of H-pyrrole nitrogens is 1. The highest BCUT2D eigenvalue weighted by atomic mass is 35.5. The van der Waals surface area contributed by atoms with Crippen molar-refractivity contribution in [1.29, 1.82) is 0 Å². The van der Waals surface area contributed by atoms with E-state index in [2.05, 4.69) is 4.98 Å². The smallest absolute Gasteiger partial charge is 0.270 e. The van der Waals surface area contributed by atoms with Crippen molar-refractivity contribution in [1.82, 2.24) is 9.88 Å². The summed E-state index contributed by atoms with van der Waals surface area (Å²) < 4.78 is 0. The van der Waals surface area contributed by atoms with Crippen molar-refractivity contribution in [3.05, 3.63) is 58.4 Å². The first kappa shape index (κ1) is 15.6. The number of hydrogen-bond donors (Lipinski definition) is 2. The van der Waals surface area contributed by atoms with Crippen LogP contribution in [0.5, 0.6) is 0 Å². The molecule has 3 rings (SSSR count). The lowest BCUT2D eigenvalue weighted by atomic mass is 10.0. The van der Waals surface area contributed by atoms with Crippen molar-refractivity contribution in [2.75, 3.05) is 6.54 Å². The van der Waals surface area contributed by atoms with Gasteiger partial charge in [-0.15, -0.1) is 0 Å². The van der Waals surface area contributed by atoms with Gasteiger partial charge in [0.1, 0.15) is 5.69 Å². The van der Waals surface area contributed by atoms with Crippen LogP contribution >= 0.6 is 11.6 Å². The number of nitrogens with one attached hydrogen (secondary N) is 1. The zero-order valence-electron chi connectivity index (χ0n) is 12.6. The number of halogens is 1. The predicted molar refractivity (Wildman–Crippen MR) is 88.5 cm³/mol. The summed E-state index contributed by atoms with van der Waals surface area (Å²) in [6, 6.07) is 9.32. The number of nitrogens with two attached hydrogens (primary N) is 1. The topological polar surface area (TPSA) is 79.2 Å². The van der Waals surface area contributed by atoms with Crippen LogP contribution in [0.15, 0.2) is 36.5 Å². The van der Waals surface area contributed by atoms with Crippen LogP contribution in [-0.2, 0) is 6.42 Å². The van der Waals surface area contributed by atoms with Crippen LogP contribution < -0.4 is 5.73 Å². The molecule has 1 aromatic heterocycles. The average Bonchev–Trinajstić information content (AvgIpc) is 3.18. The summed E-state index contributed by atoms with van der Waals surface area (Å²) in [6.07, 6.45) is 4.11. The Morgan fingerprint density at radius 2 is 2.13 bits per heavy atom. The first-order valence-electron chi connectivity index (χ1n) is 7.59. The molecule has 6 heteroatoms. The second-order valence-corrected chi connectivity index (χ2v) is 6.16. The summed E-state index contributed by atoms with van der Waals surface area (Å²) in [4.78, 5) is 28.5. The van der Waals surface area contributed by atoms with Gasteiger partial charge in [-0.05, 0) is 37.0 Å². The van der Waals surface area contributed by atoms with Gasteiger partial charge in [0.25, 0.3) is 5.91 Å². The highest BCUT2D eigenvalue weighted by Gasteiger charge is 2.30. The van der Waals surface area contributed by atoms with Gasteiger partial charge in [-0.3, -0.25) is 9.59 Å². The van der Waals surface area contributed by atoms with E-state index < -0.39 is 5.91 Å². The molecule has 5 nitrogen and oxygen atoms in total. The summed E-state index contributed by atoms with van der Waals surface area (Å²) in [5, 5.41) is 0.725. The lowest BCUT2D eigenvalue weighted by molar-refractivity contribution is 0.0731. The van der Waals surface area contributed by atoms with E-state index >= 15 is 0 Å². The third kappa shape index (κ3) is 3.24. The molecule has 0 saturated carbocycles. The summed E-state index contributed by atoms with van der Waals surface area (Å²) >= 11 is 6.22. The van der Waals surface area contributed by atoms with E-state index in [1.54, 1.807) is 0 Å². The molecule has 2 amide bonds. The molecule has 0 radical (unpaired) electrons. The maximum absolute atomic E-state index is 12.7. The maximum atomic E-state index is 12.7. The van der Waals surface area contributed by atoms with Crippen LogP contribution in [-0.4, -0.2) is 34.3 Å². The second-order valence-electron chi connectivity index (χ2n) is 5.76. The number of rotatable bonds is 4. The summed E-state index contributed by atoms with van der Waals surface area (Å²) in [6.45, 7) is 0.707. The molecule has 0 aliphatic carbocycles. The molecule has 1 aromatic carbocycles. The minimum Gasteiger partial charge on any atom is -0.366 e. The number of hydrogen-bond acceptors (Lipinski definition) is 2. The number of carbonyl (C=O) groups is 2. The summed E-state index contributed by atoms with van der Waals surface area (Å²) in [5.41, 5.74) is 6.98. The summed E-state index contributed by atoms with van der Waals surface area (Å²) in [7, 11) is 0. The number of likely N-dealkylation sites (tertiary alicyclic amines) is 1. The zero-order chi connectivity index (χ0) is 16.4. The first-order chi connectivity index (χ1) is 11.1. The third-order valence-corrected chi connectivity index (χ3v) is 4.62. The largest absolute Gasteiger partial charge is 0.366 e. The Balaban J connectivity index is 1.76. The van der Waals surface area contributed by atoms with E-state index in [0.29, 0.717) is 17.8 Å². The van der Waals surface area contributed by atoms with E-state index in [9.17, 15) is 9.59 Å². The highest BCUT2D eigenvalue weighted by Crippen LogP contribution is 2.26. The fourth-order valence-electron chi connectivity index (χ4n) is 3.05. The van der Waals surface area contributed by atoms with Crippen LogP contribution in [0.2, 0.25) is 5.02 Å². The van der Waals surface area contributed by atoms with Gasteiger partial charge in [-0.1, -0.05) is 29.8 Å². The van der Waals surface area contributed by atoms with Gasteiger partial charge in [-0.25, -0.2) is 0 Å². The molecule has 1 aliphatic heterocycles. The standard InChI is InChI=1S/C17H18ClN3O2/c18-14-6-2-1-4-11(14)8-13-5-3-7-21(13)17(23)15-9-12(10-20-15)16(19)22/h1-2,4,6,9-10,13,20H,3,5,7-8H2,(H2,19,22)/t13-/m0/s1. The first-order valence-corrected chi connectivity index (χ1v) is 7.96. The predicted octanol–water partition coefficient (Wildman–Crippen LogP) is 2.61. The Labute approximate surface area is 139 Å². The van der Waals surface area contributed by atoms with Gasteiger partial charge in [0.05, 0.1) is 5.56 Å². The van der Waals surface area contributed by atoms with Gasteiger partial charge >= 0.3 is 0 Å². The van der Waals surface area contributed by atoms with Crippen molar-refractivity contribution in [2.24, 2.45) is 5.73 Å². The minimum absolute atomic E-state index is 0.105. The molecule has 1 atom stereocenters. The van der Waals surface area contributed by atoms with Crippen molar-refractivity contribution < 1.29 is 9.59 Å². The monoisotopic (exact) mass is 331 g/mol. The number of primary amides is 1. The van der Waals surface area contributed by atoms with Crippen LogP contribution in [0.25, 0.3) is 0 Å². The number of aromatic amines is 1. The molecule has 2 heterocycles. The molecule has 0 bridgehead atoms. The number of benzene rings is 1. The van der Waals surface area contributed by atoms with Crippen molar-refractivity contribution in [3.8, 4) is 0 Å². The Bertz CT molecular complexity index is 741. The normalized spacial score (nSPS) is 17.4. The molecule has 1 fully saturated rings. The van der Waals surface area contributed by atoms with E-state index in [1.807, 2.05) is 29.2 Å². The summed E-state index contributed by atoms with van der Waals surface area (Å²) in [5.74, 6) is -0.651. The Morgan fingerprint density at radius 3 is 2.83 bits per heavy atom. The molecule has 1 saturated heterocycles. The number of amides is 2. The Hall–Kier alpha value is -2.27. The minimum atomic E-state index is -0.547. The molecule has 0 spiro atoms. The molecule has 23 heavy (non-hydrogen) atoms. The highest BCUT2D eigenvalue weighted by molar-refractivity contribution is 6.31. The SMILES string of the molecule is NC(=O)c1c[nH]c(C(=O)N2CCC[C@H]2Cc2ccccc2Cl)c1. The van der Waals surface area contributed by atoms with Crippen LogP contribution in [0.4, 0.5) is 0 Å². The van der Waals surface area contributed by atoms with Gasteiger partial charge < -0.3 is 15.6 Å². The lowest BCUT2D eigenvalue weighted by Gasteiger charge is -2.24. The molecular formula is C17H18ClN3O2. The van der Waals surface area contributed by atoms with Gasteiger partial charge in [-0.2, -0.15) is 0 Å². The van der Waals surface area contributed by atoms with E-state index in [-0.39, 0.29) is 11.9 Å². The van der Waals surface area contributed by atoms with Gasteiger partial charge in [0.2, 0.25) is 5.91 Å². The van der Waals surface area contributed by atoms with Crippen molar-refractivity contribution in [3.63, 3.8) is 0 Å². The quantitative estimate of drug-likeness (QED) is 0.903. The number of nitrogens with zero attached hydrogens (tertiary/aromatic N) is 1. The molecule has 3 N–H and O–H groups in total. The Morgan fingerprint density at radius 1 is 1.35 bits per heavy atom. The van der Waals surface area contributed by atoms with Gasteiger partial charge in [0.15, 0.2) is 0 Å². The second kappa shape index (κ2) is 6.46. The van der Waals surface area contributed by atoms with Crippen molar-refractivity contribution >= 4 is 23.4 Å². The average molecular weight is 332 g/mol. The molecule has 120 valence electrons. The molecular weight excluding hydrogens is 314 g/mol. The molecule has 0 unspecified atom stereocenters. The van der Waals surface area contributed by atoms with Crippen LogP contribution in [0.3, 0.4) is 0 Å². The Kier molecular flexibility index (Phi) is 4.39. The van der Waals surface area contributed by atoms with Crippen LogP contribution in [0, 0.1) is 0 Å². The fraction of sp³-hybridized carbons (Fsp3) is 0.294. The maximum Gasteiger partial charge on any atom is 0.270 e. The zero-order valence-corrected chi connectivity index (χ0v) is 13.3. The molecule has 2 aromatic rings. The van der Waals surface area contributed by atoms with Gasteiger partial charge in [0, 0.05) is 23.8 Å². The van der Waals surface area contributed by atoms with E-state index in [0.717, 1.165) is 29.8 Å². The third-order valence-electron chi connectivity index (χ3n) is 4.25. The number of carbonyl (C=O) groups excluding carboxylic acids is 2.